The smallest absolute Gasteiger partial charge is 0.258 e. The van der Waals surface area contributed by atoms with Gasteiger partial charge in [0.25, 0.3) is 5.91 Å². The maximum atomic E-state index is 13.5. The van der Waals surface area contributed by atoms with Crippen molar-refractivity contribution in [1.82, 2.24) is 16.0 Å². The normalized spacial score (nSPS) is 32.5. The minimum Gasteiger partial charge on any atom is -0.484 e. The zero-order valence-corrected chi connectivity index (χ0v) is 19.7. The fraction of sp³-hybridized carbons (Fsp3) is 0.625. The van der Waals surface area contributed by atoms with E-state index in [1.54, 1.807) is 0 Å². The van der Waals surface area contributed by atoms with Crippen molar-refractivity contribution in [2.75, 3.05) is 19.7 Å². The highest BCUT2D eigenvalue weighted by Crippen LogP contribution is 2.52. The average molecular weight is 493 g/mol. The van der Waals surface area contributed by atoms with Crippen molar-refractivity contribution in [2.45, 2.75) is 62.6 Å². The van der Waals surface area contributed by atoms with Crippen LogP contribution in [-0.4, -0.2) is 54.3 Å². The van der Waals surface area contributed by atoms with Crippen molar-refractivity contribution >= 4 is 23.4 Å². The Morgan fingerprint density at radius 2 is 2.06 bits per heavy atom. The number of aliphatic hydroxyl groups excluding tert-OH is 1. The second kappa shape index (κ2) is 10.1. The Labute approximate surface area is 203 Å². The van der Waals surface area contributed by atoms with Crippen LogP contribution in [0.25, 0.3) is 0 Å². The van der Waals surface area contributed by atoms with E-state index in [4.69, 9.17) is 21.6 Å². The van der Waals surface area contributed by atoms with E-state index in [0.29, 0.717) is 45.2 Å². The molecular formula is C24H30ClFN4O4. The summed E-state index contributed by atoms with van der Waals surface area (Å²) in [5.41, 5.74) is -1.42. The molecule has 0 spiro atoms. The van der Waals surface area contributed by atoms with Gasteiger partial charge in [-0.05, 0) is 57.1 Å². The van der Waals surface area contributed by atoms with E-state index in [1.165, 1.54) is 12.1 Å². The number of nitrogens with one attached hydrogen (secondary N) is 3. The number of piperidine rings is 1. The van der Waals surface area contributed by atoms with Gasteiger partial charge in [0.2, 0.25) is 5.91 Å². The van der Waals surface area contributed by atoms with Gasteiger partial charge in [0.15, 0.2) is 6.61 Å². The van der Waals surface area contributed by atoms with E-state index >= 15 is 0 Å². The molecule has 1 aromatic rings. The number of fused-ring (bicyclic) bond motifs is 3. The maximum absolute atomic E-state index is 13.5. The highest BCUT2D eigenvalue weighted by molar-refractivity contribution is 6.30. The fourth-order valence-corrected chi connectivity index (χ4v) is 5.59. The van der Waals surface area contributed by atoms with E-state index in [2.05, 4.69) is 22.0 Å². The van der Waals surface area contributed by atoms with Crippen LogP contribution in [0.5, 0.6) is 5.75 Å². The number of nitrogens with zero attached hydrogens (tertiary/aromatic N) is 1. The number of benzene rings is 1. The molecule has 3 aliphatic carbocycles. The van der Waals surface area contributed by atoms with Gasteiger partial charge in [0.05, 0.1) is 28.5 Å². The van der Waals surface area contributed by atoms with Crippen LogP contribution in [0, 0.1) is 28.5 Å². The molecule has 2 bridgehead atoms. The van der Waals surface area contributed by atoms with Crippen LogP contribution in [0.1, 0.15) is 44.9 Å². The minimum absolute atomic E-state index is 0.0187. The van der Waals surface area contributed by atoms with E-state index in [1.807, 2.05) is 0 Å². The van der Waals surface area contributed by atoms with Gasteiger partial charge >= 0.3 is 0 Å². The number of halogens is 2. The quantitative estimate of drug-likeness (QED) is 0.462. The zero-order chi connectivity index (χ0) is 24.3. The first-order chi connectivity index (χ1) is 16.2. The molecule has 3 unspecified atom stereocenters. The Balaban J connectivity index is 1.27. The lowest BCUT2D eigenvalue weighted by atomic mass is 9.55. The number of rotatable bonds is 7. The van der Waals surface area contributed by atoms with Crippen LogP contribution in [0.15, 0.2) is 18.2 Å². The molecule has 0 radical (unpaired) electrons. The highest BCUT2D eigenvalue weighted by atomic mass is 35.5. The number of carbonyl (C=O) groups is 2. The third-order valence-corrected chi connectivity index (χ3v) is 7.95. The summed E-state index contributed by atoms with van der Waals surface area (Å²) in [5.74, 6) is -0.906. The largest absolute Gasteiger partial charge is 0.484 e. The molecule has 34 heavy (non-hydrogen) atoms. The lowest BCUT2D eigenvalue weighted by molar-refractivity contribution is -0.156. The fourth-order valence-electron chi connectivity index (χ4n) is 5.47. The van der Waals surface area contributed by atoms with Crippen LogP contribution < -0.4 is 20.7 Å². The number of ether oxygens (including phenoxy) is 1. The van der Waals surface area contributed by atoms with Gasteiger partial charge in [-0.3, -0.25) is 9.59 Å². The molecule has 1 saturated heterocycles. The Hall–Kier alpha value is -2.41. The number of hydrogen-bond donors (Lipinski definition) is 4. The Kier molecular flexibility index (Phi) is 7.31. The summed E-state index contributed by atoms with van der Waals surface area (Å²) in [6, 6.07) is 6.36. The SMILES string of the molecule is N#CC1CCC(CNC(=O)C23CCC(NC(=O)COc4ccc(Cl)c(F)c4)(CC2)CC3O)NC1. The lowest BCUT2D eigenvalue weighted by Crippen LogP contribution is -2.66. The summed E-state index contributed by atoms with van der Waals surface area (Å²) in [7, 11) is 0. The van der Waals surface area contributed by atoms with Gasteiger partial charge in [-0.2, -0.15) is 5.26 Å². The van der Waals surface area contributed by atoms with Gasteiger partial charge in [0.1, 0.15) is 11.6 Å². The molecule has 4 aliphatic rings. The highest BCUT2D eigenvalue weighted by Gasteiger charge is 2.58. The van der Waals surface area contributed by atoms with Crippen molar-refractivity contribution in [2.24, 2.45) is 11.3 Å². The predicted molar refractivity (Wildman–Crippen MR) is 122 cm³/mol. The average Bonchev–Trinajstić information content (AvgIpc) is 2.84. The molecule has 5 rings (SSSR count). The Bertz CT molecular complexity index is 968. The predicted octanol–water partition coefficient (Wildman–Crippen LogP) is 2.05. The third-order valence-electron chi connectivity index (χ3n) is 7.65. The van der Waals surface area contributed by atoms with Crippen molar-refractivity contribution in [3.8, 4) is 11.8 Å². The van der Waals surface area contributed by atoms with Crippen molar-refractivity contribution < 1.29 is 23.8 Å². The van der Waals surface area contributed by atoms with Crippen LogP contribution in [-0.2, 0) is 9.59 Å². The summed E-state index contributed by atoms with van der Waals surface area (Å²) in [4.78, 5) is 25.6. The third kappa shape index (κ3) is 5.14. The molecule has 0 aromatic heterocycles. The van der Waals surface area contributed by atoms with E-state index in [-0.39, 0.29) is 41.2 Å². The summed E-state index contributed by atoms with van der Waals surface area (Å²) >= 11 is 5.66. The van der Waals surface area contributed by atoms with E-state index in [0.717, 1.165) is 18.9 Å². The molecule has 8 nitrogen and oxygen atoms in total. The molecule has 4 fully saturated rings. The molecule has 1 aromatic carbocycles. The van der Waals surface area contributed by atoms with Crippen molar-refractivity contribution in [3.63, 3.8) is 0 Å². The summed E-state index contributed by atoms with van der Waals surface area (Å²) in [6.07, 6.45) is 3.23. The topological polar surface area (TPSA) is 123 Å². The first-order valence-electron chi connectivity index (χ1n) is 11.7. The molecule has 1 aliphatic heterocycles. The van der Waals surface area contributed by atoms with Crippen molar-refractivity contribution in [3.05, 3.63) is 29.0 Å². The Morgan fingerprint density at radius 3 is 2.68 bits per heavy atom. The molecule has 4 N–H and O–H groups in total. The van der Waals surface area contributed by atoms with Gasteiger partial charge in [-0.15, -0.1) is 0 Å². The molecular weight excluding hydrogens is 463 g/mol. The molecule has 3 atom stereocenters. The van der Waals surface area contributed by atoms with Crippen LogP contribution in [0.4, 0.5) is 4.39 Å². The molecule has 10 heteroatoms. The van der Waals surface area contributed by atoms with E-state index < -0.39 is 22.9 Å². The number of hydrogen-bond acceptors (Lipinski definition) is 6. The summed E-state index contributed by atoms with van der Waals surface area (Å²) < 4.78 is 18.9. The van der Waals surface area contributed by atoms with Gasteiger partial charge in [-0.1, -0.05) is 11.6 Å². The number of carbonyl (C=O) groups excluding carboxylic acids is 2. The first-order valence-corrected chi connectivity index (χ1v) is 12.1. The monoisotopic (exact) mass is 492 g/mol. The lowest BCUT2D eigenvalue weighted by Gasteiger charge is -2.55. The second-order valence-electron chi connectivity index (χ2n) is 9.79. The van der Waals surface area contributed by atoms with E-state index in [9.17, 15) is 19.1 Å². The molecule has 1 heterocycles. The van der Waals surface area contributed by atoms with Gasteiger partial charge in [-0.25, -0.2) is 4.39 Å². The van der Waals surface area contributed by atoms with Gasteiger partial charge in [0, 0.05) is 30.7 Å². The number of aliphatic hydroxyl groups is 1. The zero-order valence-electron chi connectivity index (χ0n) is 18.9. The summed E-state index contributed by atoms with van der Waals surface area (Å²) in [6.45, 7) is 0.811. The summed E-state index contributed by atoms with van der Waals surface area (Å²) in [5, 5.41) is 29.2. The van der Waals surface area contributed by atoms with Crippen LogP contribution in [0.2, 0.25) is 5.02 Å². The maximum Gasteiger partial charge on any atom is 0.258 e. The number of nitriles is 1. The van der Waals surface area contributed by atoms with Gasteiger partial charge < -0.3 is 25.8 Å². The minimum atomic E-state index is -0.858. The number of amides is 2. The van der Waals surface area contributed by atoms with Crippen LogP contribution in [0.3, 0.4) is 0 Å². The van der Waals surface area contributed by atoms with Crippen molar-refractivity contribution in [1.29, 1.82) is 5.26 Å². The Morgan fingerprint density at radius 1 is 1.29 bits per heavy atom. The van der Waals surface area contributed by atoms with Crippen LogP contribution >= 0.6 is 11.6 Å². The molecule has 2 amide bonds. The molecule has 3 saturated carbocycles. The molecule has 184 valence electrons. The first kappa shape index (κ1) is 24.7. The standard InChI is InChI=1S/C24H30ClFN4O4/c25-18-4-3-17(9-19(18)26)34-14-21(32)30-23-5-7-24(8-6-23,20(31)10-23)22(33)29-13-16-2-1-15(11-27)12-28-16/h3-4,9,15-16,20,28,31H,1-2,5-8,10,12-14H2,(H,29,33)(H,30,32). The second-order valence-corrected chi connectivity index (χ2v) is 10.2.